The SMILES string of the molecule is COc1nccnc1C(=O)C1COc2ccccc21. The third kappa shape index (κ3) is 1.93. The van der Waals surface area contributed by atoms with Gasteiger partial charge in [0.1, 0.15) is 12.4 Å². The van der Waals surface area contributed by atoms with Crippen molar-refractivity contribution in [3.8, 4) is 11.6 Å². The van der Waals surface area contributed by atoms with E-state index in [9.17, 15) is 4.79 Å². The molecule has 0 bridgehead atoms. The van der Waals surface area contributed by atoms with Crippen LogP contribution in [0.5, 0.6) is 11.6 Å². The normalized spacial score (nSPS) is 16.6. The monoisotopic (exact) mass is 256 g/mol. The second-order valence-electron chi connectivity index (χ2n) is 4.18. The highest BCUT2D eigenvalue weighted by Crippen LogP contribution is 2.36. The van der Waals surface area contributed by atoms with E-state index in [1.165, 1.54) is 19.5 Å². The van der Waals surface area contributed by atoms with E-state index in [0.717, 1.165) is 11.3 Å². The lowest BCUT2D eigenvalue weighted by atomic mass is 9.95. The molecule has 0 fully saturated rings. The predicted octanol–water partition coefficient (Wildman–Crippen LogP) is 1.84. The molecule has 1 aromatic carbocycles. The summed E-state index contributed by atoms with van der Waals surface area (Å²) in [7, 11) is 1.47. The molecule has 5 nitrogen and oxygen atoms in total. The fourth-order valence-corrected chi connectivity index (χ4v) is 2.19. The van der Waals surface area contributed by atoms with Crippen LogP contribution in [0.3, 0.4) is 0 Å². The summed E-state index contributed by atoms with van der Waals surface area (Å²) in [5.41, 5.74) is 1.13. The molecular weight excluding hydrogens is 244 g/mol. The number of methoxy groups -OCH3 is 1. The maximum Gasteiger partial charge on any atom is 0.243 e. The number of fused-ring (bicyclic) bond motifs is 1. The number of aromatic nitrogens is 2. The Morgan fingerprint density at radius 1 is 1.32 bits per heavy atom. The molecule has 0 N–H and O–H groups in total. The molecule has 0 radical (unpaired) electrons. The van der Waals surface area contributed by atoms with E-state index in [0.29, 0.717) is 6.61 Å². The smallest absolute Gasteiger partial charge is 0.243 e. The first kappa shape index (κ1) is 11.6. The van der Waals surface area contributed by atoms with Crippen molar-refractivity contribution in [2.75, 3.05) is 13.7 Å². The standard InChI is InChI=1S/C14H12N2O3/c1-18-14-12(15-6-7-16-14)13(17)10-8-19-11-5-3-2-4-9(10)11/h2-7,10H,8H2,1H3. The number of nitrogens with zero attached hydrogens (tertiary/aromatic N) is 2. The molecule has 96 valence electrons. The lowest BCUT2D eigenvalue weighted by molar-refractivity contribution is 0.0938. The van der Waals surface area contributed by atoms with Gasteiger partial charge in [0.05, 0.1) is 13.0 Å². The molecule has 1 aromatic heterocycles. The van der Waals surface area contributed by atoms with Gasteiger partial charge in [-0.3, -0.25) is 4.79 Å². The molecule has 1 aliphatic heterocycles. The number of Topliss-reactive ketones (excluding diaryl/α,β-unsaturated/α-hetero) is 1. The van der Waals surface area contributed by atoms with Gasteiger partial charge in [-0.15, -0.1) is 0 Å². The van der Waals surface area contributed by atoms with Crippen molar-refractivity contribution in [2.45, 2.75) is 5.92 Å². The summed E-state index contributed by atoms with van der Waals surface area (Å²) in [6, 6.07) is 7.53. The number of ether oxygens (including phenoxy) is 2. The van der Waals surface area contributed by atoms with Gasteiger partial charge in [-0.2, -0.15) is 0 Å². The molecule has 1 atom stereocenters. The average molecular weight is 256 g/mol. The number of ketones is 1. The number of rotatable bonds is 3. The molecule has 19 heavy (non-hydrogen) atoms. The summed E-state index contributed by atoms with van der Waals surface area (Å²) < 4.78 is 10.6. The van der Waals surface area contributed by atoms with Gasteiger partial charge in [0.15, 0.2) is 11.5 Å². The van der Waals surface area contributed by atoms with Gasteiger partial charge < -0.3 is 9.47 Å². The van der Waals surface area contributed by atoms with Crippen LogP contribution in [0.2, 0.25) is 0 Å². The second-order valence-corrected chi connectivity index (χ2v) is 4.18. The maximum atomic E-state index is 12.5. The highest BCUT2D eigenvalue weighted by Gasteiger charge is 2.33. The Bertz CT molecular complexity index is 628. The van der Waals surface area contributed by atoms with E-state index < -0.39 is 0 Å². The summed E-state index contributed by atoms with van der Waals surface area (Å²) >= 11 is 0. The van der Waals surface area contributed by atoms with Crippen LogP contribution in [0, 0.1) is 0 Å². The largest absolute Gasteiger partial charge is 0.492 e. The molecule has 0 spiro atoms. The van der Waals surface area contributed by atoms with E-state index in [-0.39, 0.29) is 23.3 Å². The first-order valence-electron chi connectivity index (χ1n) is 5.92. The third-order valence-electron chi connectivity index (χ3n) is 3.11. The van der Waals surface area contributed by atoms with Crippen molar-refractivity contribution in [3.05, 3.63) is 47.9 Å². The van der Waals surface area contributed by atoms with Crippen molar-refractivity contribution < 1.29 is 14.3 Å². The van der Waals surface area contributed by atoms with Gasteiger partial charge in [-0.1, -0.05) is 18.2 Å². The number of hydrogen-bond acceptors (Lipinski definition) is 5. The first-order valence-corrected chi connectivity index (χ1v) is 5.92. The predicted molar refractivity (Wildman–Crippen MR) is 67.6 cm³/mol. The highest BCUT2D eigenvalue weighted by atomic mass is 16.5. The number of para-hydroxylation sites is 1. The molecule has 0 amide bonds. The zero-order valence-corrected chi connectivity index (χ0v) is 10.4. The van der Waals surface area contributed by atoms with Crippen LogP contribution in [0.4, 0.5) is 0 Å². The van der Waals surface area contributed by atoms with Gasteiger partial charge >= 0.3 is 0 Å². The van der Waals surface area contributed by atoms with E-state index in [1.807, 2.05) is 24.3 Å². The van der Waals surface area contributed by atoms with Crippen molar-refractivity contribution >= 4 is 5.78 Å². The summed E-state index contributed by atoms with van der Waals surface area (Å²) in [4.78, 5) is 20.6. The van der Waals surface area contributed by atoms with Crippen molar-refractivity contribution in [2.24, 2.45) is 0 Å². The zero-order valence-electron chi connectivity index (χ0n) is 10.4. The summed E-state index contributed by atoms with van der Waals surface area (Å²) in [6.07, 6.45) is 2.98. The molecule has 0 saturated carbocycles. The van der Waals surface area contributed by atoms with E-state index in [2.05, 4.69) is 9.97 Å². The fourth-order valence-electron chi connectivity index (χ4n) is 2.19. The summed E-state index contributed by atoms with van der Waals surface area (Å²) in [5.74, 6) is 0.525. The van der Waals surface area contributed by atoms with Gasteiger partial charge in [-0.05, 0) is 6.07 Å². The highest BCUT2D eigenvalue weighted by molar-refractivity contribution is 6.02. The Morgan fingerprint density at radius 2 is 2.11 bits per heavy atom. The van der Waals surface area contributed by atoms with Crippen LogP contribution < -0.4 is 9.47 Å². The zero-order chi connectivity index (χ0) is 13.2. The van der Waals surface area contributed by atoms with E-state index >= 15 is 0 Å². The van der Waals surface area contributed by atoms with Crippen LogP contribution in [0.15, 0.2) is 36.7 Å². The number of carbonyl (C=O) groups is 1. The molecule has 1 unspecified atom stereocenters. The maximum absolute atomic E-state index is 12.5. The van der Waals surface area contributed by atoms with Gasteiger partial charge in [0, 0.05) is 18.0 Å². The van der Waals surface area contributed by atoms with Crippen molar-refractivity contribution in [3.63, 3.8) is 0 Å². The molecule has 2 aromatic rings. The molecule has 0 saturated heterocycles. The Balaban J connectivity index is 1.98. The minimum atomic E-state index is -0.346. The second kappa shape index (κ2) is 4.68. The molecule has 3 rings (SSSR count). The Labute approximate surface area is 110 Å². The fraction of sp³-hybridized carbons (Fsp3) is 0.214. The van der Waals surface area contributed by atoms with Gasteiger partial charge in [0.25, 0.3) is 0 Å². The quantitative estimate of drug-likeness (QED) is 0.784. The van der Waals surface area contributed by atoms with E-state index in [4.69, 9.17) is 9.47 Å². The molecular formula is C14H12N2O3. The van der Waals surface area contributed by atoms with Crippen LogP contribution in [0.25, 0.3) is 0 Å². The molecule has 1 aliphatic rings. The van der Waals surface area contributed by atoms with Crippen LogP contribution in [0.1, 0.15) is 22.0 Å². The molecule has 2 heterocycles. The summed E-state index contributed by atoms with van der Waals surface area (Å²) in [6.45, 7) is 0.331. The lowest BCUT2D eigenvalue weighted by Crippen LogP contribution is -2.17. The Morgan fingerprint density at radius 3 is 2.95 bits per heavy atom. The lowest BCUT2D eigenvalue weighted by Gasteiger charge is -2.09. The average Bonchev–Trinajstić information content (AvgIpc) is 2.90. The third-order valence-corrected chi connectivity index (χ3v) is 3.11. The number of hydrogen-bond donors (Lipinski definition) is 0. The Kier molecular flexibility index (Phi) is 2.87. The minimum absolute atomic E-state index is 0.130. The number of carbonyl (C=O) groups excluding carboxylic acids is 1. The first-order chi connectivity index (χ1) is 9.31. The van der Waals surface area contributed by atoms with Crippen LogP contribution in [-0.2, 0) is 0 Å². The Hall–Kier alpha value is -2.43. The topological polar surface area (TPSA) is 61.3 Å². The number of benzene rings is 1. The molecule has 5 heteroatoms. The van der Waals surface area contributed by atoms with E-state index in [1.54, 1.807) is 0 Å². The molecule has 0 aliphatic carbocycles. The van der Waals surface area contributed by atoms with Crippen LogP contribution >= 0.6 is 0 Å². The summed E-state index contributed by atoms with van der Waals surface area (Å²) in [5, 5.41) is 0. The van der Waals surface area contributed by atoms with Gasteiger partial charge in [-0.25, -0.2) is 9.97 Å². The minimum Gasteiger partial charge on any atom is -0.492 e. The van der Waals surface area contributed by atoms with Crippen molar-refractivity contribution in [1.29, 1.82) is 0 Å². The van der Waals surface area contributed by atoms with Crippen LogP contribution in [-0.4, -0.2) is 29.5 Å². The van der Waals surface area contributed by atoms with Gasteiger partial charge in [0.2, 0.25) is 5.88 Å². The van der Waals surface area contributed by atoms with Crippen molar-refractivity contribution in [1.82, 2.24) is 9.97 Å².